The van der Waals surface area contributed by atoms with Crippen molar-refractivity contribution in [1.82, 2.24) is 4.90 Å². The first kappa shape index (κ1) is 20.9. The SMILES string of the molecule is C/C=C1/CC[C@H]2[C@@H]3CC[C@H]4C[C@H](O)[C@@H](OCC)C[C@]4(C)[C@H]3[C@H](N(C)C)C[C@]12C. The second kappa shape index (κ2) is 7.39. The van der Waals surface area contributed by atoms with Crippen molar-refractivity contribution < 1.29 is 9.84 Å². The number of fused-ring (bicyclic) bond motifs is 5. The molecule has 9 atom stereocenters. The average molecular weight is 390 g/mol. The third-order valence-electron chi connectivity index (χ3n) is 9.83. The topological polar surface area (TPSA) is 32.7 Å². The molecule has 1 N–H and O–H groups in total. The van der Waals surface area contributed by atoms with Gasteiger partial charge in [-0.15, -0.1) is 0 Å². The highest BCUT2D eigenvalue weighted by Crippen LogP contribution is 2.67. The van der Waals surface area contributed by atoms with E-state index in [1.807, 2.05) is 0 Å². The number of nitrogens with zero attached hydrogens (tertiary/aromatic N) is 1. The zero-order valence-corrected chi connectivity index (χ0v) is 19.1. The monoisotopic (exact) mass is 389 g/mol. The van der Waals surface area contributed by atoms with Crippen molar-refractivity contribution in [2.24, 2.45) is 34.5 Å². The first-order chi connectivity index (χ1) is 13.3. The van der Waals surface area contributed by atoms with E-state index < -0.39 is 0 Å². The van der Waals surface area contributed by atoms with Gasteiger partial charge in [-0.2, -0.15) is 0 Å². The summed E-state index contributed by atoms with van der Waals surface area (Å²) in [5, 5.41) is 10.7. The van der Waals surface area contributed by atoms with E-state index in [0.717, 1.165) is 30.6 Å². The minimum Gasteiger partial charge on any atom is -0.390 e. The van der Waals surface area contributed by atoms with E-state index in [1.54, 1.807) is 5.57 Å². The van der Waals surface area contributed by atoms with Crippen LogP contribution in [0.5, 0.6) is 0 Å². The summed E-state index contributed by atoms with van der Waals surface area (Å²) in [4.78, 5) is 2.54. The van der Waals surface area contributed by atoms with Crippen molar-refractivity contribution >= 4 is 0 Å². The Balaban J connectivity index is 1.72. The Labute approximate surface area is 172 Å². The van der Waals surface area contributed by atoms with E-state index >= 15 is 0 Å². The van der Waals surface area contributed by atoms with Gasteiger partial charge in [-0.05, 0) is 107 Å². The van der Waals surface area contributed by atoms with Crippen LogP contribution >= 0.6 is 0 Å². The highest BCUT2D eigenvalue weighted by Gasteiger charge is 2.63. The minimum absolute atomic E-state index is 0.0239. The van der Waals surface area contributed by atoms with Crippen molar-refractivity contribution in [2.45, 2.75) is 90.9 Å². The molecule has 0 radical (unpaired) electrons. The minimum atomic E-state index is -0.276. The van der Waals surface area contributed by atoms with Crippen molar-refractivity contribution in [3.8, 4) is 0 Å². The number of rotatable bonds is 3. The van der Waals surface area contributed by atoms with Crippen LogP contribution in [0.1, 0.15) is 72.6 Å². The van der Waals surface area contributed by atoms with Gasteiger partial charge in [0.05, 0.1) is 12.2 Å². The molecule has 160 valence electrons. The maximum atomic E-state index is 10.7. The van der Waals surface area contributed by atoms with Crippen molar-refractivity contribution in [1.29, 1.82) is 0 Å². The van der Waals surface area contributed by atoms with Gasteiger partial charge in [-0.25, -0.2) is 0 Å². The zero-order chi connectivity index (χ0) is 20.3. The molecule has 28 heavy (non-hydrogen) atoms. The maximum Gasteiger partial charge on any atom is 0.0839 e. The summed E-state index contributed by atoms with van der Waals surface area (Å²) in [6, 6.07) is 0.629. The number of allylic oxidation sites excluding steroid dienone is 2. The van der Waals surface area contributed by atoms with Crippen molar-refractivity contribution in [3.05, 3.63) is 11.6 Å². The predicted molar refractivity (Wildman–Crippen MR) is 115 cm³/mol. The molecule has 0 aromatic rings. The molecular formula is C25H43NO2. The molecular weight excluding hydrogens is 346 g/mol. The third-order valence-corrected chi connectivity index (χ3v) is 9.83. The Kier molecular flexibility index (Phi) is 5.51. The molecule has 4 aliphatic carbocycles. The van der Waals surface area contributed by atoms with Crippen LogP contribution in [0.4, 0.5) is 0 Å². The van der Waals surface area contributed by atoms with E-state index in [4.69, 9.17) is 4.74 Å². The van der Waals surface area contributed by atoms with Crippen LogP contribution in [0.15, 0.2) is 11.6 Å². The maximum absolute atomic E-state index is 10.7. The fourth-order valence-corrected chi connectivity index (χ4v) is 8.59. The van der Waals surface area contributed by atoms with Gasteiger partial charge in [0.1, 0.15) is 0 Å². The summed E-state index contributed by atoms with van der Waals surface area (Å²) in [6.45, 7) is 10.2. The normalized spacial score (nSPS) is 52.4. The molecule has 0 saturated heterocycles. The lowest BCUT2D eigenvalue weighted by Gasteiger charge is -2.64. The molecule has 0 aromatic heterocycles. The lowest BCUT2D eigenvalue weighted by atomic mass is 9.43. The summed E-state index contributed by atoms with van der Waals surface area (Å²) >= 11 is 0. The molecule has 3 heteroatoms. The Bertz CT molecular complexity index is 616. The highest BCUT2D eigenvalue weighted by molar-refractivity contribution is 5.25. The fraction of sp³-hybridized carbons (Fsp3) is 0.920. The molecule has 3 nitrogen and oxygen atoms in total. The lowest BCUT2D eigenvalue weighted by Crippen LogP contribution is -2.63. The molecule has 4 fully saturated rings. The summed E-state index contributed by atoms with van der Waals surface area (Å²) in [5.74, 6) is 3.04. The third kappa shape index (κ3) is 2.94. The molecule has 0 amide bonds. The molecule has 0 aromatic carbocycles. The summed E-state index contributed by atoms with van der Waals surface area (Å²) in [7, 11) is 4.61. The van der Waals surface area contributed by atoms with Crippen LogP contribution in [0, 0.1) is 34.5 Å². The van der Waals surface area contributed by atoms with Crippen LogP contribution in [0.2, 0.25) is 0 Å². The van der Waals surface area contributed by atoms with Crippen LogP contribution in [0.25, 0.3) is 0 Å². The van der Waals surface area contributed by atoms with Gasteiger partial charge in [0.25, 0.3) is 0 Å². The fourth-order valence-electron chi connectivity index (χ4n) is 8.59. The number of hydrogen-bond donors (Lipinski definition) is 1. The van der Waals surface area contributed by atoms with Gasteiger partial charge in [-0.1, -0.05) is 25.5 Å². The molecule has 0 bridgehead atoms. The van der Waals surface area contributed by atoms with Crippen LogP contribution in [-0.2, 0) is 4.74 Å². The van der Waals surface area contributed by atoms with Gasteiger partial charge < -0.3 is 14.7 Å². The smallest absolute Gasteiger partial charge is 0.0839 e. The number of ether oxygens (including phenoxy) is 1. The van der Waals surface area contributed by atoms with Gasteiger partial charge in [0, 0.05) is 12.6 Å². The van der Waals surface area contributed by atoms with Crippen LogP contribution < -0.4 is 0 Å². The molecule has 0 unspecified atom stereocenters. The second-order valence-electron chi connectivity index (χ2n) is 11.1. The van der Waals surface area contributed by atoms with E-state index in [2.05, 4.69) is 52.8 Å². The van der Waals surface area contributed by atoms with Crippen LogP contribution in [-0.4, -0.2) is 49.0 Å². The van der Waals surface area contributed by atoms with E-state index in [0.29, 0.717) is 24.0 Å². The summed E-state index contributed by atoms with van der Waals surface area (Å²) in [6.07, 6.45) is 10.8. The standard InChI is InChI=1S/C25H43NO2/c1-7-16-10-12-19-18-11-9-17-13-21(27)22(28-8-2)15-25(17,4)23(18)20(26(5)6)14-24(16,19)3/h7,17-23,27H,8-15H2,1-6H3/b16-7-/t17-,18-,19-,20+,21-,22-,23+,24+,25-/m0/s1. The molecule has 0 heterocycles. The molecule has 0 aliphatic heterocycles. The van der Waals surface area contributed by atoms with E-state index in [-0.39, 0.29) is 17.6 Å². The number of aliphatic hydroxyl groups is 1. The average Bonchev–Trinajstić information content (AvgIpc) is 2.98. The highest BCUT2D eigenvalue weighted by atomic mass is 16.5. The van der Waals surface area contributed by atoms with Crippen molar-refractivity contribution in [2.75, 3.05) is 20.7 Å². The van der Waals surface area contributed by atoms with Gasteiger partial charge in [0.15, 0.2) is 0 Å². The van der Waals surface area contributed by atoms with Gasteiger partial charge in [-0.3, -0.25) is 0 Å². The van der Waals surface area contributed by atoms with Gasteiger partial charge >= 0.3 is 0 Å². The van der Waals surface area contributed by atoms with E-state index in [9.17, 15) is 5.11 Å². The van der Waals surface area contributed by atoms with Gasteiger partial charge in [0.2, 0.25) is 0 Å². The largest absolute Gasteiger partial charge is 0.390 e. The Morgan fingerprint density at radius 2 is 1.93 bits per heavy atom. The molecule has 4 aliphatic rings. The Morgan fingerprint density at radius 1 is 1.18 bits per heavy atom. The predicted octanol–water partition coefficient (Wildman–Crippen LogP) is 4.89. The second-order valence-corrected chi connectivity index (χ2v) is 11.1. The first-order valence-corrected chi connectivity index (χ1v) is 11.9. The van der Waals surface area contributed by atoms with E-state index in [1.165, 1.54) is 32.1 Å². The Morgan fingerprint density at radius 3 is 2.57 bits per heavy atom. The van der Waals surface area contributed by atoms with Crippen molar-refractivity contribution in [3.63, 3.8) is 0 Å². The van der Waals surface area contributed by atoms with Crippen LogP contribution in [0.3, 0.4) is 0 Å². The summed E-state index contributed by atoms with van der Waals surface area (Å²) < 4.78 is 6.05. The molecule has 4 rings (SSSR count). The molecule has 0 spiro atoms. The first-order valence-electron chi connectivity index (χ1n) is 11.9. The molecule has 4 saturated carbocycles. The Hall–Kier alpha value is -0.380. The zero-order valence-electron chi connectivity index (χ0n) is 19.1. The number of hydrogen-bond acceptors (Lipinski definition) is 3. The number of aliphatic hydroxyl groups excluding tert-OH is 1. The summed E-state index contributed by atoms with van der Waals surface area (Å²) in [5.41, 5.74) is 2.40. The quantitative estimate of drug-likeness (QED) is 0.698. The lowest BCUT2D eigenvalue weighted by molar-refractivity contribution is -0.183.